The first-order chi connectivity index (χ1) is 12.5. The molecule has 1 saturated heterocycles. The zero-order chi connectivity index (χ0) is 18.6. The lowest BCUT2D eigenvalue weighted by Crippen LogP contribution is -2.48. The Bertz CT molecular complexity index is 777. The Hall–Kier alpha value is -2.77. The van der Waals surface area contributed by atoms with Crippen LogP contribution in [0.1, 0.15) is 38.5 Å². The van der Waals surface area contributed by atoms with Gasteiger partial charge in [-0.2, -0.15) is 4.98 Å². The Labute approximate surface area is 151 Å². The van der Waals surface area contributed by atoms with Crippen LogP contribution in [0.25, 0.3) is 11.4 Å². The Kier molecular flexibility index (Phi) is 5.29. The maximum atomic E-state index is 12.4. The molecule has 0 aromatic carbocycles. The zero-order valence-electron chi connectivity index (χ0n) is 14.7. The van der Waals surface area contributed by atoms with E-state index in [-0.39, 0.29) is 12.5 Å². The molecule has 1 amide bonds. The number of amides is 1. The van der Waals surface area contributed by atoms with E-state index in [1.54, 1.807) is 36.4 Å². The molecule has 3 rings (SSSR count). The van der Waals surface area contributed by atoms with Crippen LogP contribution >= 0.6 is 0 Å². The van der Waals surface area contributed by atoms with Crippen molar-refractivity contribution in [1.29, 1.82) is 0 Å². The lowest BCUT2D eigenvalue weighted by Gasteiger charge is -2.37. The highest BCUT2D eigenvalue weighted by atomic mass is 16.5. The average molecular weight is 358 g/mol. The third kappa shape index (κ3) is 4.07. The molecule has 2 aromatic rings. The second-order valence-electron chi connectivity index (χ2n) is 6.89. The standard InChI is InChI=1S/C18H22N4O4/c1-18(17(24)25)8-3-11-22(12-18)15(23)5-2-4-14-20-16(21-26-14)13-6-9-19-10-7-13/h6-7,9-10H,2-5,8,11-12H2,1H3,(H,24,25). The van der Waals surface area contributed by atoms with Crippen molar-refractivity contribution in [2.75, 3.05) is 13.1 Å². The number of hydrogen-bond donors (Lipinski definition) is 1. The van der Waals surface area contributed by atoms with Gasteiger partial charge in [0.25, 0.3) is 0 Å². The van der Waals surface area contributed by atoms with E-state index in [4.69, 9.17) is 4.52 Å². The van der Waals surface area contributed by atoms with E-state index in [9.17, 15) is 14.7 Å². The number of hydrogen-bond acceptors (Lipinski definition) is 6. The molecule has 1 fully saturated rings. The van der Waals surface area contributed by atoms with Gasteiger partial charge in [0, 0.05) is 43.9 Å². The van der Waals surface area contributed by atoms with Gasteiger partial charge in [-0.15, -0.1) is 0 Å². The molecule has 2 aromatic heterocycles. The van der Waals surface area contributed by atoms with Crippen molar-refractivity contribution in [3.05, 3.63) is 30.4 Å². The molecule has 3 heterocycles. The Morgan fingerprint density at radius 1 is 1.35 bits per heavy atom. The Morgan fingerprint density at radius 3 is 2.85 bits per heavy atom. The van der Waals surface area contributed by atoms with Crippen molar-refractivity contribution in [2.24, 2.45) is 5.41 Å². The maximum Gasteiger partial charge on any atom is 0.311 e. The van der Waals surface area contributed by atoms with Crippen LogP contribution in [0.3, 0.4) is 0 Å². The minimum absolute atomic E-state index is 0.0222. The molecule has 0 radical (unpaired) electrons. The fourth-order valence-electron chi connectivity index (χ4n) is 3.15. The second kappa shape index (κ2) is 7.63. The summed E-state index contributed by atoms with van der Waals surface area (Å²) < 4.78 is 5.23. The van der Waals surface area contributed by atoms with E-state index in [1.165, 1.54) is 0 Å². The molecule has 1 atom stereocenters. The first-order valence-corrected chi connectivity index (χ1v) is 8.72. The minimum Gasteiger partial charge on any atom is -0.481 e. The van der Waals surface area contributed by atoms with Gasteiger partial charge in [-0.25, -0.2) is 0 Å². The molecule has 1 aliphatic heterocycles. The molecule has 1 unspecified atom stereocenters. The quantitative estimate of drug-likeness (QED) is 0.842. The molecule has 0 spiro atoms. The number of aryl methyl sites for hydroxylation is 1. The summed E-state index contributed by atoms with van der Waals surface area (Å²) >= 11 is 0. The van der Waals surface area contributed by atoms with E-state index in [1.807, 2.05) is 0 Å². The summed E-state index contributed by atoms with van der Waals surface area (Å²) in [7, 11) is 0. The lowest BCUT2D eigenvalue weighted by molar-refractivity contribution is -0.153. The number of piperidine rings is 1. The highest BCUT2D eigenvalue weighted by molar-refractivity contribution is 5.79. The molecule has 0 bridgehead atoms. The number of aliphatic carboxylic acids is 1. The van der Waals surface area contributed by atoms with Crippen LogP contribution in [0.5, 0.6) is 0 Å². The van der Waals surface area contributed by atoms with Crippen LogP contribution in [0.2, 0.25) is 0 Å². The van der Waals surface area contributed by atoms with Gasteiger partial charge in [0.1, 0.15) is 0 Å². The smallest absolute Gasteiger partial charge is 0.311 e. The van der Waals surface area contributed by atoms with Gasteiger partial charge >= 0.3 is 5.97 Å². The number of pyridine rings is 1. The first kappa shape index (κ1) is 18.0. The number of carboxylic acid groups (broad SMARTS) is 1. The molecule has 0 saturated carbocycles. The van der Waals surface area contributed by atoms with Crippen LogP contribution in [0.4, 0.5) is 0 Å². The molecule has 138 valence electrons. The third-order valence-electron chi connectivity index (χ3n) is 4.75. The third-order valence-corrected chi connectivity index (χ3v) is 4.75. The number of carboxylic acids is 1. The number of carbonyl (C=O) groups is 2. The second-order valence-corrected chi connectivity index (χ2v) is 6.89. The molecule has 1 aliphatic rings. The highest BCUT2D eigenvalue weighted by Crippen LogP contribution is 2.30. The predicted octanol–water partition coefficient (Wildman–Crippen LogP) is 2.17. The van der Waals surface area contributed by atoms with Gasteiger partial charge in [-0.05, 0) is 38.3 Å². The summed E-state index contributed by atoms with van der Waals surface area (Å²) in [4.78, 5) is 33.7. The van der Waals surface area contributed by atoms with E-state index in [2.05, 4.69) is 15.1 Å². The first-order valence-electron chi connectivity index (χ1n) is 8.72. The number of nitrogens with zero attached hydrogens (tertiary/aromatic N) is 4. The van der Waals surface area contributed by atoms with Crippen molar-refractivity contribution in [3.63, 3.8) is 0 Å². The molecular weight excluding hydrogens is 336 g/mol. The van der Waals surface area contributed by atoms with Gasteiger partial charge in [0.15, 0.2) is 0 Å². The molecule has 8 heteroatoms. The molecule has 0 aliphatic carbocycles. The summed E-state index contributed by atoms with van der Waals surface area (Å²) in [6, 6.07) is 3.60. The summed E-state index contributed by atoms with van der Waals surface area (Å²) in [5.74, 6) is 0.121. The monoisotopic (exact) mass is 358 g/mol. The summed E-state index contributed by atoms with van der Waals surface area (Å²) in [5.41, 5.74) is -0.0211. The minimum atomic E-state index is -0.847. The van der Waals surface area contributed by atoms with Crippen molar-refractivity contribution in [2.45, 2.75) is 39.0 Å². The summed E-state index contributed by atoms with van der Waals surface area (Å²) in [5, 5.41) is 13.3. The normalized spacial score (nSPS) is 20.1. The van der Waals surface area contributed by atoms with Crippen molar-refractivity contribution in [3.8, 4) is 11.4 Å². The molecule has 8 nitrogen and oxygen atoms in total. The number of rotatable bonds is 6. The van der Waals surface area contributed by atoms with Crippen LogP contribution < -0.4 is 0 Å². The molecule has 1 N–H and O–H groups in total. The fourth-order valence-corrected chi connectivity index (χ4v) is 3.15. The highest BCUT2D eigenvalue weighted by Gasteiger charge is 2.39. The van der Waals surface area contributed by atoms with Crippen LogP contribution in [0.15, 0.2) is 29.0 Å². The molecular formula is C18H22N4O4. The Balaban J connectivity index is 1.50. The molecule has 26 heavy (non-hydrogen) atoms. The average Bonchev–Trinajstić information content (AvgIpc) is 3.11. The Morgan fingerprint density at radius 2 is 2.12 bits per heavy atom. The van der Waals surface area contributed by atoms with E-state index < -0.39 is 11.4 Å². The van der Waals surface area contributed by atoms with E-state index in [0.717, 1.165) is 5.56 Å². The van der Waals surface area contributed by atoms with Crippen molar-refractivity contribution < 1.29 is 19.2 Å². The van der Waals surface area contributed by atoms with Crippen LogP contribution in [0, 0.1) is 5.41 Å². The SMILES string of the molecule is CC1(C(=O)O)CCCN(C(=O)CCCc2nc(-c3ccncc3)no2)C1. The maximum absolute atomic E-state index is 12.4. The number of carbonyl (C=O) groups excluding carboxylic acids is 1. The van der Waals surface area contributed by atoms with E-state index in [0.29, 0.717) is 50.4 Å². The van der Waals surface area contributed by atoms with E-state index >= 15 is 0 Å². The zero-order valence-corrected chi connectivity index (χ0v) is 14.7. The van der Waals surface area contributed by atoms with Gasteiger partial charge in [-0.1, -0.05) is 5.16 Å². The summed E-state index contributed by atoms with van der Waals surface area (Å²) in [6.07, 6.45) is 6.06. The number of aromatic nitrogens is 3. The predicted molar refractivity (Wildman–Crippen MR) is 92.0 cm³/mol. The topological polar surface area (TPSA) is 109 Å². The fraction of sp³-hybridized carbons (Fsp3) is 0.500. The number of likely N-dealkylation sites (tertiary alicyclic amines) is 1. The van der Waals surface area contributed by atoms with Gasteiger partial charge in [-0.3, -0.25) is 14.6 Å². The van der Waals surface area contributed by atoms with Crippen molar-refractivity contribution >= 4 is 11.9 Å². The van der Waals surface area contributed by atoms with Crippen molar-refractivity contribution in [1.82, 2.24) is 20.0 Å². The lowest BCUT2D eigenvalue weighted by atomic mass is 9.82. The van der Waals surface area contributed by atoms with Gasteiger partial charge in [0.2, 0.25) is 17.6 Å². The van der Waals surface area contributed by atoms with Gasteiger partial charge in [0.05, 0.1) is 5.41 Å². The van der Waals surface area contributed by atoms with Crippen LogP contribution in [-0.2, 0) is 16.0 Å². The van der Waals surface area contributed by atoms with Crippen LogP contribution in [-0.4, -0.2) is 50.1 Å². The van der Waals surface area contributed by atoms with Gasteiger partial charge < -0.3 is 14.5 Å². The summed E-state index contributed by atoms with van der Waals surface area (Å²) in [6.45, 7) is 2.59. The largest absolute Gasteiger partial charge is 0.481 e.